The largest absolute Gasteiger partial charge is 0.490 e. The average Bonchev–Trinajstić information content (AvgIpc) is 2.60. The number of hydrogen-bond acceptors (Lipinski definition) is 4. The Morgan fingerprint density at radius 3 is 2.82 bits per heavy atom. The quantitative estimate of drug-likeness (QED) is 0.822. The van der Waals surface area contributed by atoms with Gasteiger partial charge in [-0.1, -0.05) is 0 Å². The number of benzene rings is 1. The van der Waals surface area contributed by atoms with Crippen molar-refractivity contribution in [3.63, 3.8) is 0 Å². The Morgan fingerprint density at radius 2 is 2.06 bits per heavy atom. The van der Waals surface area contributed by atoms with Gasteiger partial charge in [0.2, 0.25) is 5.91 Å². The molecule has 92 valence electrons. The van der Waals surface area contributed by atoms with E-state index in [2.05, 4.69) is 10.6 Å². The molecule has 0 bridgehead atoms. The summed E-state index contributed by atoms with van der Waals surface area (Å²) in [5.74, 6) is 1.43. The van der Waals surface area contributed by atoms with Gasteiger partial charge in [0, 0.05) is 25.2 Å². The highest BCUT2D eigenvalue weighted by Crippen LogP contribution is 2.32. The Balaban J connectivity index is 2.04. The molecule has 0 aliphatic carbocycles. The van der Waals surface area contributed by atoms with Gasteiger partial charge in [-0.05, 0) is 12.1 Å². The molecule has 1 heterocycles. The number of anilines is 1. The number of rotatable bonds is 3. The zero-order valence-corrected chi connectivity index (χ0v) is 9.79. The molecular weight excluding hydrogens is 220 g/mol. The molecule has 1 aromatic rings. The lowest BCUT2D eigenvalue weighted by Crippen LogP contribution is -2.26. The van der Waals surface area contributed by atoms with Crippen molar-refractivity contribution in [2.75, 3.05) is 32.1 Å². The second-order valence-corrected chi connectivity index (χ2v) is 3.74. The first-order chi connectivity index (χ1) is 8.29. The molecule has 2 rings (SSSR count). The summed E-state index contributed by atoms with van der Waals surface area (Å²) in [6, 6.07) is 5.58. The number of nitrogens with one attached hydrogen (secondary N) is 2. The van der Waals surface area contributed by atoms with Crippen LogP contribution in [0.15, 0.2) is 18.2 Å². The van der Waals surface area contributed by atoms with Crippen LogP contribution in [-0.2, 0) is 4.79 Å². The van der Waals surface area contributed by atoms with E-state index in [1.54, 1.807) is 7.05 Å². The minimum absolute atomic E-state index is 0.0582. The van der Waals surface area contributed by atoms with Crippen LogP contribution in [0, 0.1) is 0 Å². The predicted octanol–water partition coefficient (Wildman–Crippen LogP) is 1.01. The minimum atomic E-state index is -0.0582. The molecule has 1 amide bonds. The molecule has 17 heavy (non-hydrogen) atoms. The van der Waals surface area contributed by atoms with E-state index >= 15 is 0 Å². The topological polar surface area (TPSA) is 59.6 Å². The Morgan fingerprint density at radius 1 is 1.29 bits per heavy atom. The Labute approximate surface area is 100 Å². The summed E-state index contributed by atoms with van der Waals surface area (Å²) < 4.78 is 11.1. The number of amides is 1. The zero-order chi connectivity index (χ0) is 12.1. The third-order valence-electron chi connectivity index (χ3n) is 2.48. The van der Waals surface area contributed by atoms with Gasteiger partial charge < -0.3 is 20.1 Å². The highest BCUT2D eigenvalue weighted by atomic mass is 16.5. The number of carbonyl (C=O) groups is 1. The van der Waals surface area contributed by atoms with Gasteiger partial charge >= 0.3 is 0 Å². The van der Waals surface area contributed by atoms with E-state index in [4.69, 9.17) is 9.47 Å². The maximum absolute atomic E-state index is 11.1. The summed E-state index contributed by atoms with van der Waals surface area (Å²) in [4.78, 5) is 11.1. The van der Waals surface area contributed by atoms with E-state index < -0.39 is 0 Å². The van der Waals surface area contributed by atoms with Gasteiger partial charge in [0.15, 0.2) is 11.5 Å². The Bertz CT molecular complexity index is 407. The van der Waals surface area contributed by atoms with Gasteiger partial charge in [0.1, 0.15) is 0 Å². The van der Waals surface area contributed by atoms with E-state index in [0.29, 0.717) is 13.2 Å². The summed E-state index contributed by atoms with van der Waals surface area (Å²) >= 11 is 0. The number of likely N-dealkylation sites (N-methyl/N-ethyl adjacent to an activating group) is 1. The number of hydrogen-bond donors (Lipinski definition) is 2. The van der Waals surface area contributed by atoms with Gasteiger partial charge in [-0.3, -0.25) is 4.79 Å². The van der Waals surface area contributed by atoms with Gasteiger partial charge in [0.25, 0.3) is 0 Å². The van der Waals surface area contributed by atoms with Crippen molar-refractivity contribution in [1.29, 1.82) is 0 Å². The standard InChI is InChI=1S/C12H16N2O3/c1-13-12(15)8-14-9-3-4-10-11(7-9)17-6-2-5-16-10/h3-4,7,14H,2,5-6,8H2,1H3,(H,13,15). The van der Waals surface area contributed by atoms with Crippen molar-refractivity contribution in [3.8, 4) is 11.5 Å². The van der Waals surface area contributed by atoms with Crippen molar-refractivity contribution < 1.29 is 14.3 Å². The van der Waals surface area contributed by atoms with Crippen molar-refractivity contribution in [2.45, 2.75) is 6.42 Å². The predicted molar refractivity (Wildman–Crippen MR) is 64.6 cm³/mol. The fourth-order valence-electron chi connectivity index (χ4n) is 1.54. The van der Waals surface area contributed by atoms with Crippen LogP contribution in [-0.4, -0.2) is 32.7 Å². The molecular formula is C12H16N2O3. The lowest BCUT2D eigenvalue weighted by atomic mass is 10.2. The maximum atomic E-state index is 11.1. The normalized spacial score (nSPS) is 13.7. The molecule has 5 heteroatoms. The molecule has 1 aliphatic heterocycles. The van der Waals surface area contributed by atoms with Gasteiger partial charge in [0.05, 0.1) is 19.8 Å². The van der Waals surface area contributed by atoms with Crippen LogP contribution in [0.5, 0.6) is 11.5 Å². The lowest BCUT2D eigenvalue weighted by Gasteiger charge is -2.10. The van der Waals surface area contributed by atoms with Gasteiger partial charge in [-0.15, -0.1) is 0 Å². The molecule has 0 spiro atoms. The molecule has 1 aromatic carbocycles. The number of carbonyl (C=O) groups excluding carboxylic acids is 1. The van der Waals surface area contributed by atoms with E-state index in [0.717, 1.165) is 23.6 Å². The summed E-state index contributed by atoms with van der Waals surface area (Å²) in [5, 5.41) is 5.57. The van der Waals surface area contributed by atoms with Crippen LogP contribution in [0.2, 0.25) is 0 Å². The van der Waals surface area contributed by atoms with E-state index in [9.17, 15) is 4.79 Å². The van der Waals surface area contributed by atoms with Crippen LogP contribution in [0.3, 0.4) is 0 Å². The van der Waals surface area contributed by atoms with E-state index in [1.165, 1.54) is 0 Å². The molecule has 0 saturated carbocycles. The average molecular weight is 236 g/mol. The number of fused-ring (bicyclic) bond motifs is 1. The smallest absolute Gasteiger partial charge is 0.239 e. The zero-order valence-electron chi connectivity index (χ0n) is 9.79. The third kappa shape index (κ3) is 3.03. The first kappa shape index (κ1) is 11.6. The monoisotopic (exact) mass is 236 g/mol. The first-order valence-electron chi connectivity index (χ1n) is 5.63. The fourth-order valence-corrected chi connectivity index (χ4v) is 1.54. The molecule has 0 saturated heterocycles. The Hall–Kier alpha value is -1.91. The second-order valence-electron chi connectivity index (χ2n) is 3.74. The third-order valence-corrected chi connectivity index (χ3v) is 2.48. The van der Waals surface area contributed by atoms with E-state index in [1.807, 2.05) is 18.2 Å². The molecule has 5 nitrogen and oxygen atoms in total. The summed E-state index contributed by atoms with van der Waals surface area (Å²) in [5.41, 5.74) is 0.845. The van der Waals surface area contributed by atoms with Crippen LogP contribution in [0.1, 0.15) is 6.42 Å². The van der Waals surface area contributed by atoms with Crippen molar-refractivity contribution in [2.24, 2.45) is 0 Å². The molecule has 0 atom stereocenters. The second kappa shape index (κ2) is 5.43. The maximum Gasteiger partial charge on any atom is 0.239 e. The van der Waals surface area contributed by atoms with Crippen LogP contribution in [0.25, 0.3) is 0 Å². The van der Waals surface area contributed by atoms with Crippen molar-refractivity contribution in [3.05, 3.63) is 18.2 Å². The van der Waals surface area contributed by atoms with Crippen LogP contribution in [0.4, 0.5) is 5.69 Å². The number of ether oxygens (including phenoxy) is 2. The minimum Gasteiger partial charge on any atom is -0.490 e. The van der Waals surface area contributed by atoms with Crippen molar-refractivity contribution >= 4 is 11.6 Å². The van der Waals surface area contributed by atoms with Gasteiger partial charge in [-0.25, -0.2) is 0 Å². The molecule has 0 unspecified atom stereocenters. The summed E-state index contributed by atoms with van der Waals surface area (Å²) in [6.07, 6.45) is 0.885. The lowest BCUT2D eigenvalue weighted by molar-refractivity contribution is -0.118. The summed E-state index contributed by atoms with van der Waals surface area (Å²) in [6.45, 7) is 1.58. The highest BCUT2D eigenvalue weighted by molar-refractivity contribution is 5.80. The molecule has 1 aliphatic rings. The molecule has 0 aromatic heterocycles. The molecule has 0 fully saturated rings. The fraction of sp³-hybridized carbons (Fsp3) is 0.417. The van der Waals surface area contributed by atoms with Crippen LogP contribution < -0.4 is 20.1 Å². The first-order valence-corrected chi connectivity index (χ1v) is 5.63. The molecule has 0 radical (unpaired) electrons. The highest BCUT2D eigenvalue weighted by Gasteiger charge is 2.10. The SMILES string of the molecule is CNC(=O)CNc1ccc2c(c1)OCCCO2. The van der Waals surface area contributed by atoms with Crippen molar-refractivity contribution in [1.82, 2.24) is 5.32 Å². The van der Waals surface area contributed by atoms with Gasteiger partial charge in [-0.2, -0.15) is 0 Å². The molecule has 2 N–H and O–H groups in total. The Kier molecular flexibility index (Phi) is 3.69. The van der Waals surface area contributed by atoms with E-state index in [-0.39, 0.29) is 12.5 Å². The van der Waals surface area contributed by atoms with Crippen LogP contribution >= 0.6 is 0 Å². The summed E-state index contributed by atoms with van der Waals surface area (Å²) in [7, 11) is 1.61.